The van der Waals surface area contributed by atoms with Gasteiger partial charge in [0.25, 0.3) is 0 Å². The Morgan fingerprint density at radius 2 is 1.42 bits per heavy atom. The molecular weight excluding hydrogens is 871 g/mol. The Morgan fingerprint density at radius 1 is 0.800 bits per heavy atom. The first kappa shape index (κ1) is 42.8. The van der Waals surface area contributed by atoms with Gasteiger partial charge in [0, 0.05) is 70.1 Å². The van der Waals surface area contributed by atoms with Crippen molar-refractivity contribution in [2.75, 3.05) is 0 Å². The molecule has 1 N–H and O–H groups in total. The van der Waals surface area contributed by atoms with Gasteiger partial charge in [-0.3, -0.25) is 9.78 Å². The van der Waals surface area contributed by atoms with Gasteiger partial charge in [-0.05, 0) is 101 Å². The first-order valence-electron chi connectivity index (χ1n) is 20.2. The molecule has 0 atom stereocenters. The van der Waals surface area contributed by atoms with Gasteiger partial charge < -0.3 is 5.11 Å². The number of benzene rings is 4. The van der Waals surface area contributed by atoms with Crippen LogP contribution in [0.4, 0.5) is 0 Å². The van der Waals surface area contributed by atoms with Crippen LogP contribution in [0.2, 0.25) is 0 Å². The molecule has 2 aromatic heterocycles. The first-order chi connectivity index (χ1) is 25.5. The van der Waals surface area contributed by atoms with E-state index in [9.17, 15) is 9.90 Å². The molecule has 2 heterocycles. The van der Waals surface area contributed by atoms with Gasteiger partial charge in [-0.1, -0.05) is 111 Å². The zero-order valence-corrected chi connectivity index (χ0v) is 38.1. The van der Waals surface area contributed by atoms with E-state index in [0.29, 0.717) is 0 Å². The molecular formula is C50H60IrNO2S-. The van der Waals surface area contributed by atoms with Crippen LogP contribution in [0.25, 0.3) is 53.0 Å². The SMILES string of the molecule is CC(C)(C)c1cc(-c2nccc3c2ccc2sc4cc5c(cc4c23)C(C)(C)CCC5(C)C)[c-]c2ccccc12.CCC(CC)C(=O)/C=C(\O)C(CC)CC.[Ir]. The van der Waals surface area contributed by atoms with Crippen LogP contribution in [0, 0.1) is 17.9 Å². The molecule has 1 radical (unpaired) electrons. The maximum Gasteiger partial charge on any atom is 0.162 e. The summed E-state index contributed by atoms with van der Waals surface area (Å²) in [5, 5.41) is 17.4. The van der Waals surface area contributed by atoms with Crippen LogP contribution in [-0.2, 0) is 41.1 Å². The number of fused-ring (bicyclic) bond motifs is 7. The van der Waals surface area contributed by atoms with E-state index in [-0.39, 0.29) is 59.7 Å². The molecule has 0 spiro atoms. The van der Waals surface area contributed by atoms with Crippen molar-refractivity contribution in [3.8, 4) is 11.3 Å². The largest absolute Gasteiger partial charge is 0.512 e. The molecule has 1 aliphatic rings. The normalized spacial score (nSPS) is 15.3. The molecule has 0 saturated carbocycles. The summed E-state index contributed by atoms with van der Waals surface area (Å²) in [5.74, 6) is 0.547. The van der Waals surface area contributed by atoms with Crippen molar-refractivity contribution < 1.29 is 30.0 Å². The van der Waals surface area contributed by atoms with Gasteiger partial charge in [-0.25, -0.2) is 0 Å². The minimum Gasteiger partial charge on any atom is -0.512 e. The van der Waals surface area contributed by atoms with Crippen molar-refractivity contribution >= 4 is 58.8 Å². The molecule has 7 rings (SSSR count). The minimum atomic E-state index is 0. The maximum absolute atomic E-state index is 11.7. The summed E-state index contributed by atoms with van der Waals surface area (Å²) in [4.78, 5) is 16.7. The smallest absolute Gasteiger partial charge is 0.162 e. The number of carbonyl (C=O) groups excluding carboxylic acids is 1. The number of hydrogen-bond acceptors (Lipinski definition) is 4. The fourth-order valence-electron chi connectivity index (χ4n) is 8.56. The molecule has 0 unspecified atom stereocenters. The standard InChI is InChI=1S/C37H36NS.C13H24O2.Ir/c1-35(2,3)28-19-23(18-22-10-8-9-11-24(22)28)34-26-12-13-31-33(25(26)14-17-38-34)27-20-29-30(21-32(27)39-31)37(6,7)16-15-36(29,4)5;1-5-10(6-2)12(14)9-13(15)11(7-3)8-4;/h8-14,17,19-21H,15-16H2,1-7H3;9-11,14H,5-8H2,1-4H3;/q-1;;/b;12-9-;. The van der Waals surface area contributed by atoms with Crippen molar-refractivity contribution in [3.63, 3.8) is 0 Å². The third-order valence-corrected chi connectivity index (χ3v) is 13.4. The predicted octanol–water partition coefficient (Wildman–Crippen LogP) is 14.7. The van der Waals surface area contributed by atoms with Crippen LogP contribution < -0.4 is 0 Å². The summed E-state index contributed by atoms with van der Waals surface area (Å²) >= 11 is 1.93. The van der Waals surface area contributed by atoms with Crippen LogP contribution >= 0.6 is 11.3 Å². The zero-order chi connectivity index (χ0) is 39.2. The average Bonchev–Trinajstić information content (AvgIpc) is 3.51. The second kappa shape index (κ2) is 16.6. The summed E-state index contributed by atoms with van der Waals surface area (Å²) in [6.07, 6.45) is 9.36. The van der Waals surface area contributed by atoms with Gasteiger partial charge in [0.1, 0.15) is 0 Å². The maximum atomic E-state index is 11.7. The molecule has 0 bridgehead atoms. The van der Waals surface area contributed by atoms with E-state index in [1.807, 2.05) is 45.2 Å². The molecule has 0 amide bonds. The van der Waals surface area contributed by atoms with Crippen LogP contribution in [0.3, 0.4) is 0 Å². The van der Waals surface area contributed by atoms with Crippen molar-refractivity contribution in [1.29, 1.82) is 0 Å². The topological polar surface area (TPSA) is 50.2 Å². The van der Waals surface area contributed by atoms with Crippen LogP contribution in [-0.4, -0.2) is 15.9 Å². The quantitative estimate of drug-likeness (QED) is 0.0940. The molecule has 0 saturated heterocycles. The second-order valence-electron chi connectivity index (χ2n) is 17.8. The fourth-order valence-corrected chi connectivity index (χ4v) is 9.71. The number of aromatic nitrogens is 1. The number of nitrogens with zero attached hydrogens (tertiary/aromatic N) is 1. The number of thiophene rings is 1. The number of rotatable bonds is 8. The van der Waals surface area contributed by atoms with E-state index < -0.39 is 0 Å². The number of hydrogen-bond donors (Lipinski definition) is 1. The number of aliphatic hydroxyl groups excluding tert-OH is 1. The van der Waals surface area contributed by atoms with Crippen molar-refractivity contribution in [2.45, 2.75) is 131 Å². The molecule has 0 aliphatic heterocycles. The molecule has 6 aromatic rings. The minimum absolute atomic E-state index is 0. The Bertz CT molecular complexity index is 2370. The van der Waals surface area contributed by atoms with E-state index in [1.54, 1.807) is 0 Å². The molecule has 3 nitrogen and oxygen atoms in total. The molecule has 4 aromatic carbocycles. The molecule has 293 valence electrons. The van der Waals surface area contributed by atoms with Gasteiger partial charge >= 0.3 is 0 Å². The van der Waals surface area contributed by atoms with E-state index in [2.05, 4.69) is 115 Å². The van der Waals surface area contributed by atoms with Crippen molar-refractivity contribution in [1.82, 2.24) is 4.98 Å². The van der Waals surface area contributed by atoms with E-state index >= 15 is 0 Å². The Balaban J connectivity index is 0.000000311. The summed E-state index contributed by atoms with van der Waals surface area (Å²) < 4.78 is 2.75. The summed E-state index contributed by atoms with van der Waals surface area (Å²) in [6.45, 7) is 24.6. The zero-order valence-electron chi connectivity index (χ0n) is 34.9. The molecule has 55 heavy (non-hydrogen) atoms. The number of carbonyl (C=O) groups is 1. The molecule has 0 fully saturated rings. The fraction of sp³-hybridized carbons (Fsp3) is 0.440. The van der Waals surface area contributed by atoms with Gasteiger partial charge in [-0.2, -0.15) is 0 Å². The Hall–Kier alpha value is -3.37. The second-order valence-corrected chi connectivity index (χ2v) is 18.9. The van der Waals surface area contributed by atoms with Gasteiger partial charge in [-0.15, -0.1) is 40.5 Å². The molecule has 1 aliphatic carbocycles. The number of allylic oxidation sites excluding steroid dienone is 2. The Morgan fingerprint density at radius 3 is 2.04 bits per heavy atom. The molecule has 5 heteroatoms. The predicted molar refractivity (Wildman–Crippen MR) is 234 cm³/mol. The number of pyridine rings is 1. The summed E-state index contributed by atoms with van der Waals surface area (Å²) in [5.41, 5.74) is 6.90. The summed E-state index contributed by atoms with van der Waals surface area (Å²) in [7, 11) is 0. The summed E-state index contributed by atoms with van der Waals surface area (Å²) in [6, 6.07) is 26.5. The average molecular weight is 931 g/mol. The van der Waals surface area contributed by atoms with E-state index in [4.69, 9.17) is 4.98 Å². The van der Waals surface area contributed by atoms with Crippen molar-refractivity contribution in [2.24, 2.45) is 11.8 Å². The van der Waals surface area contributed by atoms with Crippen LogP contribution in [0.15, 0.2) is 78.7 Å². The van der Waals surface area contributed by atoms with E-state index in [0.717, 1.165) is 42.3 Å². The van der Waals surface area contributed by atoms with Gasteiger partial charge in [0.05, 0.1) is 5.76 Å². The first-order valence-corrected chi connectivity index (χ1v) is 21.0. The third-order valence-electron chi connectivity index (χ3n) is 12.3. The third kappa shape index (κ3) is 8.37. The monoisotopic (exact) mass is 931 g/mol. The van der Waals surface area contributed by atoms with Gasteiger partial charge in [0.2, 0.25) is 0 Å². The van der Waals surface area contributed by atoms with Crippen LogP contribution in [0.5, 0.6) is 0 Å². The van der Waals surface area contributed by atoms with E-state index in [1.165, 1.54) is 71.9 Å². The Kier molecular flexibility index (Phi) is 12.9. The van der Waals surface area contributed by atoms with Gasteiger partial charge in [0.15, 0.2) is 5.78 Å². The number of ketones is 1. The Labute approximate surface area is 347 Å². The van der Waals surface area contributed by atoms with Crippen LogP contribution in [0.1, 0.15) is 131 Å². The van der Waals surface area contributed by atoms with Crippen molar-refractivity contribution in [3.05, 3.63) is 101 Å². The number of aliphatic hydroxyl groups is 1.